The van der Waals surface area contributed by atoms with Gasteiger partial charge in [0.1, 0.15) is 11.2 Å². The molecule has 7 nitrogen and oxygen atoms in total. The molecule has 2 rings (SSSR count). The molecule has 80 valence electrons. The second-order valence-electron chi connectivity index (χ2n) is 2.31. The fourth-order valence-electron chi connectivity index (χ4n) is 0.958. The van der Waals surface area contributed by atoms with Crippen molar-refractivity contribution in [2.24, 2.45) is 0 Å². The van der Waals surface area contributed by atoms with E-state index >= 15 is 0 Å². The van der Waals surface area contributed by atoms with Crippen LogP contribution in [0, 0.1) is 0 Å². The summed E-state index contributed by atoms with van der Waals surface area (Å²) in [5, 5.41) is 0. The van der Waals surface area contributed by atoms with Gasteiger partial charge in [0.2, 0.25) is 0 Å². The summed E-state index contributed by atoms with van der Waals surface area (Å²) in [6.07, 6.45) is 0. The molecule has 15 heavy (non-hydrogen) atoms. The first kappa shape index (κ1) is 12.1. The zero-order chi connectivity index (χ0) is 11.4. The minimum absolute atomic E-state index is 0.0413. The molecule has 0 saturated carbocycles. The van der Waals surface area contributed by atoms with Gasteiger partial charge in [-0.2, -0.15) is 0 Å². The van der Waals surface area contributed by atoms with Gasteiger partial charge in [-0.05, 0) is 0 Å². The van der Waals surface area contributed by atoms with Crippen molar-refractivity contribution in [1.29, 1.82) is 0 Å². The first-order valence-electron chi connectivity index (χ1n) is 3.45. The van der Waals surface area contributed by atoms with Crippen molar-refractivity contribution in [2.45, 2.75) is 0 Å². The van der Waals surface area contributed by atoms with Gasteiger partial charge >= 0.3 is 45.9 Å². The van der Waals surface area contributed by atoms with Gasteiger partial charge in [-0.15, -0.1) is 0 Å². The van der Waals surface area contributed by atoms with Crippen LogP contribution in [0.1, 0.15) is 0 Å². The van der Waals surface area contributed by atoms with E-state index in [4.69, 9.17) is 0 Å². The molecule has 0 bridgehead atoms. The van der Waals surface area contributed by atoms with Crippen molar-refractivity contribution >= 4 is 30.8 Å². The quantitative estimate of drug-likeness (QED) is 0.488. The van der Waals surface area contributed by atoms with Crippen molar-refractivity contribution < 1.29 is 14.9 Å². The van der Waals surface area contributed by atoms with Crippen molar-refractivity contribution in [3.63, 3.8) is 0 Å². The Labute approximate surface area is 96.7 Å². The summed E-state index contributed by atoms with van der Waals surface area (Å²) in [4.78, 5) is 41.0. The molecule has 0 saturated heterocycles. The van der Waals surface area contributed by atoms with E-state index in [2.05, 4.69) is 34.6 Å². The molecule has 0 amide bonds. The van der Waals surface area contributed by atoms with Crippen LogP contribution in [0.4, 0.5) is 0 Å². The molecule has 0 atom stereocenters. The van der Waals surface area contributed by atoms with E-state index in [-0.39, 0.29) is 26.1 Å². The molecule has 0 aliphatic carbocycles. The number of imidazole rings is 1. The molecule has 2 heterocycles. The fourth-order valence-corrected chi connectivity index (χ4v) is 0.958. The van der Waals surface area contributed by atoms with Crippen LogP contribution in [0.5, 0.6) is 0 Å². The molecule has 0 radical (unpaired) electrons. The van der Waals surface area contributed by atoms with E-state index in [1.54, 1.807) is 0 Å². The van der Waals surface area contributed by atoms with E-state index in [1.165, 1.54) is 0 Å². The molecule has 2 aromatic heterocycles. The van der Waals surface area contributed by atoms with E-state index in [0.29, 0.717) is 0 Å². The van der Waals surface area contributed by atoms with Crippen molar-refractivity contribution in [3.8, 4) is 0 Å². The third-order valence-corrected chi connectivity index (χ3v) is 1.42. The van der Waals surface area contributed by atoms with Gasteiger partial charge < -0.3 is 0 Å². The van der Waals surface area contributed by atoms with Crippen molar-refractivity contribution in [1.82, 2.24) is 19.9 Å². The molecule has 0 aromatic carbocycles. The number of H-pyrrole nitrogens is 4. The molecule has 0 spiro atoms. The Morgan fingerprint density at radius 1 is 0.867 bits per heavy atom. The second kappa shape index (κ2) is 5.24. The third-order valence-electron chi connectivity index (χ3n) is 1.42. The maximum absolute atomic E-state index is 10.9. The van der Waals surface area contributed by atoms with E-state index in [1.807, 2.05) is 4.98 Å². The summed E-state index contributed by atoms with van der Waals surface area (Å²) >= 11 is -0.363. The monoisotopic (exact) mass is 330 g/mol. The zero-order valence-electron chi connectivity index (χ0n) is 6.95. The van der Waals surface area contributed by atoms with Gasteiger partial charge in [-0.1, -0.05) is 0 Å². The predicted molar refractivity (Wildman–Crippen MR) is 55.3 cm³/mol. The third kappa shape index (κ3) is 3.01. The Morgan fingerprint density at radius 2 is 1.33 bits per heavy atom. The van der Waals surface area contributed by atoms with Gasteiger partial charge in [0, 0.05) is 0 Å². The topological polar surface area (TPSA) is 114 Å². The summed E-state index contributed by atoms with van der Waals surface area (Å²) in [5.74, 6) is 0. The van der Waals surface area contributed by atoms with Crippen LogP contribution in [-0.4, -0.2) is 19.9 Å². The van der Waals surface area contributed by atoms with Crippen LogP contribution < -0.4 is 16.9 Å². The molecule has 2 aromatic rings. The standard InChI is InChI=1S/C5H4N4O3.Mo.2S/c10-3-1-2(7-4(11)6-1)8-5(12)9-3;;;/h(H4,6,7,8,9,10,11,12);;;. The van der Waals surface area contributed by atoms with E-state index in [9.17, 15) is 14.4 Å². The molecule has 4 N–H and O–H groups in total. The molecular formula is C5H4MoN4O3S2. The van der Waals surface area contributed by atoms with Gasteiger partial charge in [0.15, 0.2) is 0 Å². The summed E-state index contributed by atoms with van der Waals surface area (Å²) in [5.41, 5.74) is -1.65. The Kier molecular flexibility index (Phi) is 4.25. The number of fused-ring (bicyclic) bond motifs is 1. The number of aromatic nitrogens is 4. The Morgan fingerprint density at radius 3 is 1.87 bits per heavy atom. The first-order chi connectivity index (χ1) is 7.08. The number of aromatic amines is 4. The molecule has 0 aliphatic heterocycles. The van der Waals surface area contributed by atoms with Crippen LogP contribution in [0.3, 0.4) is 0 Å². The average molecular weight is 328 g/mol. The molecular weight excluding hydrogens is 324 g/mol. The maximum atomic E-state index is 10.9. The second-order valence-corrected chi connectivity index (χ2v) is 5.86. The number of hydrogen-bond donors (Lipinski definition) is 4. The number of rotatable bonds is 0. The SMILES string of the molecule is O=c1[nH]c(=O)c2[nH]c(=O)[nH]c2[nH]1.[S]=[Mo]=[S]. The molecule has 0 unspecified atom stereocenters. The minimum atomic E-state index is -0.650. The van der Waals surface area contributed by atoms with Crippen LogP contribution in [0.25, 0.3) is 11.2 Å². The van der Waals surface area contributed by atoms with E-state index < -0.39 is 16.9 Å². The zero-order valence-corrected chi connectivity index (χ0v) is 10.6. The van der Waals surface area contributed by atoms with Crippen LogP contribution >= 0.6 is 19.6 Å². The summed E-state index contributed by atoms with van der Waals surface area (Å²) in [7, 11) is 8.68. The van der Waals surface area contributed by atoms with Gasteiger partial charge in [-0.25, -0.2) is 9.59 Å². The van der Waals surface area contributed by atoms with Gasteiger partial charge in [-0.3, -0.25) is 24.7 Å². The normalized spacial score (nSPS) is 9.33. The molecule has 10 heteroatoms. The average Bonchev–Trinajstić information content (AvgIpc) is 2.47. The first-order valence-corrected chi connectivity index (χ1v) is 9.03. The summed E-state index contributed by atoms with van der Waals surface area (Å²) in [6, 6.07) is 0. The van der Waals surface area contributed by atoms with Gasteiger partial charge in [0.25, 0.3) is 5.56 Å². The van der Waals surface area contributed by atoms with Crippen LogP contribution in [0.2, 0.25) is 0 Å². The van der Waals surface area contributed by atoms with Crippen LogP contribution in [-0.2, 0) is 14.9 Å². The number of hydrogen-bond acceptors (Lipinski definition) is 5. The van der Waals surface area contributed by atoms with Crippen molar-refractivity contribution in [3.05, 3.63) is 31.3 Å². The summed E-state index contributed by atoms with van der Waals surface area (Å²) < 4.78 is 0. The fraction of sp³-hybridized carbons (Fsp3) is 0. The Balaban J connectivity index is 0.000000337. The van der Waals surface area contributed by atoms with Crippen molar-refractivity contribution in [2.75, 3.05) is 0 Å². The molecule has 0 aliphatic rings. The summed E-state index contributed by atoms with van der Waals surface area (Å²) in [6.45, 7) is 0. The number of nitrogens with one attached hydrogen (secondary N) is 4. The van der Waals surface area contributed by atoms with Crippen LogP contribution in [0.15, 0.2) is 14.4 Å². The van der Waals surface area contributed by atoms with Gasteiger partial charge in [0.05, 0.1) is 0 Å². The predicted octanol–water partition coefficient (Wildman–Crippen LogP) is -0.473. The van der Waals surface area contributed by atoms with E-state index in [0.717, 1.165) is 0 Å². The Bertz CT molecular complexity index is 674. The Hall–Kier alpha value is -0.922. The molecule has 0 fully saturated rings.